The molecule has 0 spiro atoms. The van der Waals surface area contributed by atoms with Gasteiger partial charge >= 0.3 is 12.2 Å². The average molecular weight is 238 g/mol. The summed E-state index contributed by atoms with van der Waals surface area (Å²) in [5, 5.41) is 0. The fraction of sp³-hybridized carbons (Fsp3) is 0.364. The summed E-state index contributed by atoms with van der Waals surface area (Å²) in [5.41, 5.74) is 1.87. The molecule has 2 amide bonds. The Balaban J connectivity index is 3.17. The minimum absolute atomic E-state index is 0.173. The van der Waals surface area contributed by atoms with Gasteiger partial charge in [0.25, 0.3) is 0 Å². The van der Waals surface area contributed by atoms with Gasteiger partial charge in [0, 0.05) is 6.20 Å². The summed E-state index contributed by atoms with van der Waals surface area (Å²) in [6, 6.07) is 1.61. The molecule has 17 heavy (non-hydrogen) atoms. The van der Waals surface area contributed by atoms with Crippen LogP contribution in [0.4, 0.5) is 15.4 Å². The van der Waals surface area contributed by atoms with Crippen molar-refractivity contribution in [2.24, 2.45) is 0 Å². The molecule has 0 unspecified atom stereocenters. The Morgan fingerprint density at radius 1 is 1.12 bits per heavy atom. The van der Waals surface area contributed by atoms with Crippen LogP contribution in [0, 0.1) is 13.8 Å². The fourth-order valence-corrected chi connectivity index (χ4v) is 1.18. The highest BCUT2D eigenvalue weighted by Gasteiger charge is 2.26. The van der Waals surface area contributed by atoms with Crippen molar-refractivity contribution in [2.75, 3.05) is 19.1 Å². The zero-order valence-electron chi connectivity index (χ0n) is 10.2. The molecular weight excluding hydrogens is 224 g/mol. The molecule has 0 saturated carbocycles. The number of imide groups is 1. The largest absolute Gasteiger partial charge is 0.452 e. The summed E-state index contributed by atoms with van der Waals surface area (Å²) in [7, 11) is 2.36. The van der Waals surface area contributed by atoms with Crippen LogP contribution in [0.1, 0.15) is 11.1 Å². The van der Waals surface area contributed by atoms with E-state index in [1.807, 2.05) is 13.8 Å². The first-order valence-corrected chi connectivity index (χ1v) is 4.90. The van der Waals surface area contributed by atoms with Gasteiger partial charge in [-0.3, -0.25) is 0 Å². The Labute approximate surface area is 99.2 Å². The number of carbonyl (C=O) groups excluding carboxylic acids is 2. The summed E-state index contributed by atoms with van der Waals surface area (Å²) in [4.78, 5) is 27.7. The molecule has 1 aromatic heterocycles. The molecule has 0 aromatic carbocycles. The van der Waals surface area contributed by atoms with E-state index in [0.29, 0.717) is 0 Å². The van der Waals surface area contributed by atoms with Crippen molar-refractivity contribution in [3.05, 3.63) is 23.4 Å². The quantitative estimate of drug-likeness (QED) is 0.748. The number of rotatable bonds is 1. The van der Waals surface area contributed by atoms with Gasteiger partial charge in [-0.15, -0.1) is 0 Å². The van der Waals surface area contributed by atoms with Gasteiger partial charge in [-0.25, -0.2) is 14.6 Å². The number of ether oxygens (including phenoxy) is 2. The summed E-state index contributed by atoms with van der Waals surface area (Å²) >= 11 is 0. The van der Waals surface area contributed by atoms with E-state index in [1.165, 1.54) is 14.2 Å². The molecule has 1 rings (SSSR count). The fourth-order valence-electron chi connectivity index (χ4n) is 1.18. The number of hydrogen-bond acceptors (Lipinski definition) is 5. The van der Waals surface area contributed by atoms with Gasteiger partial charge in [-0.05, 0) is 31.0 Å². The summed E-state index contributed by atoms with van der Waals surface area (Å²) in [6.07, 6.45) is -0.107. The predicted octanol–water partition coefficient (Wildman–Crippen LogP) is 2.04. The Bertz CT molecular complexity index is 429. The number of carbonyl (C=O) groups is 2. The van der Waals surface area contributed by atoms with Crippen molar-refractivity contribution < 1.29 is 19.1 Å². The van der Waals surface area contributed by atoms with E-state index in [1.54, 1.807) is 12.3 Å². The highest BCUT2D eigenvalue weighted by molar-refractivity contribution is 6.08. The Kier molecular flexibility index (Phi) is 4.03. The highest BCUT2D eigenvalue weighted by atomic mass is 16.6. The van der Waals surface area contributed by atoms with E-state index in [0.717, 1.165) is 16.0 Å². The first-order valence-electron chi connectivity index (χ1n) is 4.90. The maximum atomic E-state index is 11.5. The topological polar surface area (TPSA) is 68.7 Å². The van der Waals surface area contributed by atoms with Gasteiger partial charge in [0.05, 0.1) is 14.2 Å². The average Bonchev–Trinajstić information content (AvgIpc) is 2.33. The van der Waals surface area contributed by atoms with Crippen molar-refractivity contribution in [3.63, 3.8) is 0 Å². The molecule has 0 aliphatic rings. The van der Waals surface area contributed by atoms with Crippen LogP contribution in [0.15, 0.2) is 12.3 Å². The lowest BCUT2D eigenvalue weighted by atomic mass is 10.2. The maximum absolute atomic E-state index is 11.5. The molecule has 0 bridgehead atoms. The smallest absolute Gasteiger partial charge is 0.424 e. The van der Waals surface area contributed by atoms with E-state index in [2.05, 4.69) is 14.5 Å². The Hall–Kier alpha value is -2.11. The number of anilines is 1. The number of pyridine rings is 1. The van der Waals surface area contributed by atoms with Crippen molar-refractivity contribution in [2.45, 2.75) is 13.8 Å². The molecule has 0 aliphatic heterocycles. The summed E-state index contributed by atoms with van der Waals surface area (Å²) in [5.74, 6) is 0.173. The number of aromatic nitrogens is 1. The first-order chi connectivity index (χ1) is 8.01. The highest BCUT2D eigenvalue weighted by Crippen LogP contribution is 2.17. The van der Waals surface area contributed by atoms with Crippen LogP contribution in [0.5, 0.6) is 0 Å². The Morgan fingerprint density at radius 3 is 2.06 bits per heavy atom. The number of nitrogens with zero attached hydrogens (tertiary/aromatic N) is 2. The molecular formula is C11H14N2O4. The van der Waals surface area contributed by atoms with E-state index >= 15 is 0 Å². The van der Waals surface area contributed by atoms with E-state index in [4.69, 9.17) is 0 Å². The van der Waals surface area contributed by atoms with E-state index in [9.17, 15) is 9.59 Å². The second-order valence-electron chi connectivity index (χ2n) is 3.40. The lowest BCUT2D eigenvalue weighted by Gasteiger charge is -2.17. The van der Waals surface area contributed by atoms with Gasteiger partial charge in [0.15, 0.2) is 0 Å². The van der Waals surface area contributed by atoms with Crippen LogP contribution in [0.25, 0.3) is 0 Å². The van der Waals surface area contributed by atoms with Crippen LogP contribution < -0.4 is 4.90 Å². The second-order valence-corrected chi connectivity index (χ2v) is 3.40. The van der Waals surface area contributed by atoms with Gasteiger partial charge in [-0.2, -0.15) is 4.90 Å². The van der Waals surface area contributed by atoms with Crippen LogP contribution in [0.3, 0.4) is 0 Å². The summed E-state index contributed by atoms with van der Waals surface area (Å²) in [6.45, 7) is 3.74. The van der Waals surface area contributed by atoms with Crippen LogP contribution in [-0.2, 0) is 9.47 Å². The maximum Gasteiger partial charge on any atom is 0.424 e. The predicted molar refractivity (Wildman–Crippen MR) is 61.0 cm³/mol. The SMILES string of the molecule is COC(=O)N(C(=O)OC)c1cc(C)c(C)cn1. The third kappa shape index (κ3) is 2.72. The molecule has 1 aromatic rings. The molecule has 6 heteroatoms. The minimum Gasteiger partial charge on any atom is -0.452 e. The molecule has 0 radical (unpaired) electrons. The molecule has 0 N–H and O–H groups in total. The van der Waals surface area contributed by atoms with Crippen LogP contribution in [-0.4, -0.2) is 31.4 Å². The molecule has 0 saturated heterocycles. The lowest BCUT2D eigenvalue weighted by Crippen LogP contribution is -2.37. The molecule has 6 nitrogen and oxygen atoms in total. The van der Waals surface area contributed by atoms with Crippen molar-refractivity contribution in [3.8, 4) is 0 Å². The normalized spacial score (nSPS) is 9.65. The third-order valence-electron chi connectivity index (χ3n) is 2.30. The Morgan fingerprint density at radius 2 is 1.65 bits per heavy atom. The van der Waals surface area contributed by atoms with E-state index in [-0.39, 0.29) is 5.82 Å². The van der Waals surface area contributed by atoms with E-state index < -0.39 is 12.2 Å². The molecule has 1 heterocycles. The summed E-state index contributed by atoms with van der Waals surface area (Å²) < 4.78 is 9.01. The monoisotopic (exact) mass is 238 g/mol. The molecule has 0 aliphatic carbocycles. The number of amides is 2. The standard InChI is InChI=1S/C11H14N2O4/c1-7-5-9(12-6-8(7)2)13(10(14)16-3)11(15)17-4/h5-6H,1-4H3. The van der Waals surface area contributed by atoms with Crippen LogP contribution in [0.2, 0.25) is 0 Å². The minimum atomic E-state index is -0.840. The zero-order valence-corrected chi connectivity index (χ0v) is 10.2. The molecule has 0 atom stereocenters. The van der Waals surface area contributed by atoms with Crippen molar-refractivity contribution >= 4 is 18.0 Å². The lowest BCUT2D eigenvalue weighted by molar-refractivity contribution is 0.159. The van der Waals surface area contributed by atoms with Gasteiger partial charge < -0.3 is 9.47 Å². The second kappa shape index (κ2) is 5.29. The van der Waals surface area contributed by atoms with Crippen molar-refractivity contribution in [1.82, 2.24) is 4.98 Å². The molecule has 0 fully saturated rings. The zero-order chi connectivity index (χ0) is 13.0. The number of methoxy groups -OCH3 is 2. The third-order valence-corrected chi connectivity index (χ3v) is 2.30. The van der Waals surface area contributed by atoms with Gasteiger partial charge in [0.2, 0.25) is 0 Å². The molecule has 92 valence electrons. The van der Waals surface area contributed by atoms with Crippen LogP contribution >= 0.6 is 0 Å². The number of aryl methyl sites for hydroxylation is 2. The van der Waals surface area contributed by atoms with Gasteiger partial charge in [0.1, 0.15) is 5.82 Å². The number of hydrogen-bond donors (Lipinski definition) is 0. The first kappa shape index (κ1) is 13.0. The van der Waals surface area contributed by atoms with Crippen molar-refractivity contribution in [1.29, 1.82) is 0 Å². The van der Waals surface area contributed by atoms with Gasteiger partial charge in [-0.1, -0.05) is 0 Å².